The van der Waals surface area contributed by atoms with Crippen molar-refractivity contribution in [1.29, 1.82) is 0 Å². The van der Waals surface area contributed by atoms with Gasteiger partial charge in [-0.05, 0) is 6.92 Å². The highest BCUT2D eigenvalue weighted by molar-refractivity contribution is 7.11. The van der Waals surface area contributed by atoms with E-state index >= 15 is 0 Å². The van der Waals surface area contributed by atoms with E-state index in [2.05, 4.69) is 4.98 Å². The van der Waals surface area contributed by atoms with E-state index in [0.29, 0.717) is 0 Å². The molecule has 0 aliphatic heterocycles. The second-order valence-corrected chi connectivity index (χ2v) is 3.47. The summed E-state index contributed by atoms with van der Waals surface area (Å²) < 4.78 is 36.1. The number of carbonyl (C=O) groups is 1. The first-order valence-corrected chi connectivity index (χ1v) is 4.56. The molecule has 0 saturated heterocycles. The van der Waals surface area contributed by atoms with E-state index in [1.54, 1.807) is 5.32 Å². The van der Waals surface area contributed by atoms with E-state index in [1.807, 2.05) is 0 Å². The number of aromatic nitrogens is 1. The van der Waals surface area contributed by atoms with E-state index in [-0.39, 0.29) is 5.01 Å². The maximum atomic E-state index is 12.0. The Bertz CT molecular complexity index is 309. The summed E-state index contributed by atoms with van der Waals surface area (Å²) >= 11 is 0.993. The Hall–Kier alpha value is -1.11. The van der Waals surface area contributed by atoms with Gasteiger partial charge in [-0.15, -0.1) is 11.3 Å². The molecule has 0 spiro atoms. The van der Waals surface area contributed by atoms with Crippen LogP contribution in [-0.2, 0) is 0 Å². The maximum absolute atomic E-state index is 12.0. The smallest absolute Gasteiger partial charge is 0.338 e. The van der Waals surface area contributed by atoms with E-state index in [0.717, 1.165) is 18.3 Å². The average molecular weight is 224 g/mol. The Morgan fingerprint density at radius 2 is 2.29 bits per heavy atom. The third-order valence-electron chi connectivity index (χ3n) is 1.47. The summed E-state index contributed by atoms with van der Waals surface area (Å²) in [6, 6.07) is -1.86. The van der Waals surface area contributed by atoms with Crippen LogP contribution in [0.15, 0.2) is 11.6 Å². The SMILES string of the molecule is CC(NC(=O)c1nccs1)C(F)(F)F. The molecule has 7 heteroatoms. The molecule has 78 valence electrons. The molecule has 14 heavy (non-hydrogen) atoms. The van der Waals surface area contributed by atoms with Crippen LogP contribution < -0.4 is 5.32 Å². The maximum Gasteiger partial charge on any atom is 0.408 e. The Morgan fingerprint density at radius 1 is 1.64 bits per heavy atom. The monoisotopic (exact) mass is 224 g/mol. The van der Waals surface area contributed by atoms with Crippen LogP contribution in [-0.4, -0.2) is 23.1 Å². The predicted molar refractivity (Wildman–Crippen MR) is 45.1 cm³/mol. The zero-order valence-corrected chi connectivity index (χ0v) is 7.95. The van der Waals surface area contributed by atoms with Gasteiger partial charge in [0, 0.05) is 11.6 Å². The molecule has 1 rings (SSSR count). The van der Waals surface area contributed by atoms with Crippen molar-refractivity contribution in [2.75, 3.05) is 0 Å². The van der Waals surface area contributed by atoms with Crippen LogP contribution in [0.4, 0.5) is 13.2 Å². The first-order chi connectivity index (χ1) is 6.41. The molecule has 1 N–H and O–H groups in total. The number of hydrogen-bond acceptors (Lipinski definition) is 3. The molecule has 1 aromatic rings. The summed E-state index contributed by atoms with van der Waals surface area (Å²) in [6.45, 7) is 0.880. The molecule has 0 aromatic carbocycles. The summed E-state index contributed by atoms with van der Waals surface area (Å²) in [4.78, 5) is 14.7. The lowest BCUT2D eigenvalue weighted by molar-refractivity contribution is -0.149. The van der Waals surface area contributed by atoms with Crippen LogP contribution in [0.3, 0.4) is 0 Å². The van der Waals surface area contributed by atoms with Crippen LogP contribution in [0.5, 0.6) is 0 Å². The topological polar surface area (TPSA) is 42.0 Å². The number of thiazole rings is 1. The van der Waals surface area contributed by atoms with Gasteiger partial charge >= 0.3 is 6.18 Å². The predicted octanol–water partition coefficient (Wildman–Crippen LogP) is 1.82. The van der Waals surface area contributed by atoms with E-state index in [4.69, 9.17) is 0 Å². The van der Waals surface area contributed by atoms with Crippen molar-refractivity contribution < 1.29 is 18.0 Å². The van der Waals surface area contributed by atoms with Crippen LogP contribution in [0.1, 0.15) is 16.7 Å². The lowest BCUT2D eigenvalue weighted by Gasteiger charge is -2.15. The minimum atomic E-state index is -4.42. The highest BCUT2D eigenvalue weighted by atomic mass is 32.1. The third kappa shape index (κ3) is 2.69. The molecular weight excluding hydrogens is 217 g/mol. The number of halogens is 3. The van der Waals surface area contributed by atoms with Gasteiger partial charge < -0.3 is 5.32 Å². The fourth-order valence-corrected chi connectivity index (χ4v) is 1.21. The summed E-state index contributed by atoms with van der Waals surface area (Å²) in [5, 5.41) is 3.36. The normalized spacial score (nSPS) is 13.7. The van der Waals surface area contributed by atoms with Crippen LogP contribution >= 0.6 is 11.3 Å². The highest BCUT2D eigenvalue weighted by Crippen LogP contribution is 2.19. The Balaban J connectivity index is 2.58. The zero-order valence-electron chi connectivity index (χ0n) is 7.13. The average Bonchev–Trinajstić information content (AvgIpc) is 2.53. The fourth-order valence-electron chi connectivity index (χ4n) is 0.676. The van der Waals surface area contributed by atoms with Crippen molar-refractivity contribution in [3.05, 3.63) is 16.6 Å². The standard InChI is InChI=1S/C7H7F3N2OS/c1-4(7(8,9)10)12-5(13)6-11-2-3-14-6/h2-4H,1H3,(H,12,13). The van der Waals surface area contributed by atoms with Crippen molar-refractivity contribution in [1.82, 2.24) is 10.3 Å². The number of carbonyl (C=O) groups excluding carboxylic acids is 1. The minimum absolute atomic E-state index is 0.0288. The van der Waals surface area contributed by atoms with Crippen molar-refractivity contribution in [3.8, 4) is 0 Å². The minimum Gasteiger partial charge on any atom is -0.338 e. The molecule has 0 aliphatic carbocycles. The molecule has 0 aliphatic rings. The number of amides is 1. The van der Waals surface area contributed by atoms with Crippen molar-refractivity contribution in [2.45, 2.75) is 19.1 Å². The molecule has 3 nitrogen and oxygen atoms in total. The molecule has 1 unspecified atom stereocenters. The van der Waals surface area contributed by atoms with Gasteiger partial charge in [0.1, 0.15) is 6.04 Å². The molecule has 1 atom stereocenters. The number of nitrogens with one attached hydrogen (secondary N) is 1. The van der Waals surface area contributed by atoms with Gasteiger partial charge in [0.15, 0.2) is 5.01 Å². The number of nitrogens with zero attached hydrogens (tertiary/aromatic N) is 1. The molecule has 0 bridgehead atoms. The summed E-state index contributed by atoms with van der Waals surface area (Å²) in [7, 11) is 0. The Labute approximate surface area is 82.0 Å². The second kappa shape index (κ2) is 3.95. The Morgan fingerprint density at radius 3 is 2.71 bits per heavy atom. The highest BCUT2D eigenvalue weighted by Gasteiger charge is 2.37. The molecule has 0 saturated carbocycles. The van der Waals surface area contributed by atoms with E-state index in [9.17, 15) is 18.0 Å². The van der Waals surface area contributed by atoms with E-state index in [1.165, 1.54) is 11.6 Å². The number of rotatable bonds is 2. The molecule has 0 fully saturated rings. The summed E-state index contributed by atoms with van der Waals surface area (Å²) in [6.07, 6.45) is -3.06. The van der Waals surface area contributed by atoms with Crippen molar-refractivity contribution >= 4 is 17.2 Å². The van der Waals surface area contributed by atoms with Gasteiger partial charge in [0.05, 0.1) is 0 Å². The first-order valence-electron chi connectivity index (χ1n) is 3.68. The summed E-state index contributed by atoms with van der Waals surface area (Å²) in [5.41, 5.74) is 0. The van der Waals surface area contributed by atoms with Crippen molar-refractivity contribution in [2.24, 2.45) is 0 Å². The van der Waals surface area contributed by atoms with Gasteiger partial charge in [-0.2, -0.15) is 13.2 Å². The largest absolute Gasteiger partial charge is 0.408 e. The van der Waals surface area contributed by atoms with Crippen LogP contribution in [0, 0.1) is 0 Å². The van der Waals surface area contributed by atoms with Gasteiger partial charge in [0.2, 0.25) is 0 Å². The second-order valence-electron chi connectivity index (χ2n) is 2.57. The molecule has 0 radical (unpaired) electrons. The van der Waals surface area contributed by atoms with E-state index < -0.39 is 18.1 Å². The van der Waals surface area contributed by atoms with Crippen molar-refractivity contribution in [3.63, 3.8) is 0 Å². The lowest BCUT2D eigenvalue weighted by Crippen LogP contribution is -2.43. The number of alkyl halides is 3. The third-order valence-corrected chi connectivity index (χ3v) is 2.24. The fraction of sp³-hybridized carbons (Fsp3) is 0.429. The molecule has 1 aromatic heterocycles. The van der Waals surface area contributed by atoms with Gasteiger partial charge in [-0.3, -0.25) is 4.79 Å². The van der Waals surface area contributed by atoms with Gasteiger partial charge in [0.25, 0.3) is 5.91 Å². The zero-order chi connectivity index (χ0) is 10.8. The molecule has 1 amide bonds. The molecule has 1 heterocycles. The quantitative estimate of drug-likeness (QED) is 0.832. The lowest BCUT2D eigenvalue weighted by atomic mass is 10.3. The van der Waals surface area contributed by atoms with Gasteiger partial charge in [-0.25, -0.2) is 4.98 Å². The van der Waals surface area contributed by atoms with Crippen LogP contribution in [0.25, 0.3) is 0 Å². The van der Waals surface area contributed by atoms with Gasteiger partial charge in [-0.1, -0.05) is 0 Å². The Kier molecular flexibility index (Phi) is 3.10. The van der Waals surface area contributed by atoms with Crippen LogP contribution in [0.2, 0.25) is 0 Å². The number of hydrogen-bond donors (Lipinski definition) is 1. The molecular formula is C7H7F3N2OS. The first kappa shape index (κ1) is 11.0. The summed E-state index contributed by atoms with van der Waals surface area (Å²) in [5.74, 6) is -0.801.